The van der Waals surface area contributed by atoms with Gasteiger partial charge in [-0.05, 0) is 32.3 Å². The molecule has 6 heteroatoms. The van der Waals surface area contributed by atoms with Gasteiger partial charge in [-0.15, -0.1) is 0 Å². The van der Waals surface area contributed by atoms with Gasteiger partial charge in [0, 0.05) is 18.0 Å². The number of hydrogen-bond acceptors (Lipinski definition) is 5. The Bertz CT molecular complexity index is 513. The lowest BCUT2D eigenvalue weighted by atomic mass is 9.94. The standard InChI is InChI=1S/C15H21NO5/c1-16(2)9-11(8-14(17)18)15(19)10-5-6-12(20-3)13(7-10)21-4/h5-7,11H,8-9H2,1-4H3,(H,17,18). The maximum Gasteiger partial charge on any atom is 0.304 e. The van der Waals surface area contributed by atoms with Crippen molar-refractivity contribution in [2.45, 2.75) is 6.42 Å². The van der Waals surface area contributed by atoms with Crippen molar-refractivity contribution in [1.29, 1.82) is 0 Å². The number of hydrogen-bond donors (Lipinski definition) is 1. The molecule has 116 valence electrons. The SMILES string of the molecule is COc1ccc(C(=O)C(CC(=O)O)CN(C)C)cc1OC. The molecular formula is C15H21NO5. The van der Waals surface area contributed by atoms with Crippen molar-refractivity contribution in [2.75, 3.05) is 34.9 Å². The highest BCUT2D eigenvalue weighted by molar-refractivity contribution is 6.00. The van der Waals surface area contributed by atoms with Crippen molar-refractivity contribution in [3.05, 3.63) is 23.8 Å². The molecule has 6 nitrogen and oxygen atoms in total. The molecule has 21 heavy (non-hydrogen) atoms. The number of ether oxygens (including phenoxy) is 2. The fourth-order valence-electron chi connectivity index (χ4n) is 2.12. The number of rotatable bonds is 8. The molecule has 0 aliphatic carbocycles. The summed E-state index contributed by atoms with van der Waals surface area (Å²) in [6, 6.07) is 4.83. The van der Waals surface area contributed by atoms with Gasteiger partial charge in [0.25, 0.3) is 0 Å². The van der Waals surface area contributed by atoms with Crippen molar-refractivity contribution in [2.24, 2.45) is 5.92 Å². The Morgan fingerprint density at radius 3 is 2.29 bits per heavy atom. The minimum Gasteiger partial charge on any atom is -0.493 e. The normalized spacial score (nSPS) is 12.0. The molecule has 0 fully saturated rings. The van der Waals surface area contributed by atoms with Gasteiger partial charge in [-0.2, -0.15) is 0 Å². The highest BCUT2D eigenvalue weighted by atomic mass is 16.5. The third-order valence-corrected chi connectivity index (χ3v) is 3.05. The van der Waals surface area contributed by atoms with Crippen LogP contribution in [0.15, 0.2) is 18.2 Å². The van der Waals surface area contributed by atoms with Crippen molar-refractivity contribution in [1.82, 2.24) is 4.90 Å². The van der Waals surface area contributed by atoms with E-state index in [4.69, 9.17) is 14.6 Å². The van der Waals surface area contributed by atoms with E-state index in [1.807, 2.05) is 0 Å². The van der Waals surface area contributed by atoms with Crippen LogP contribution in [-0.2, 0) is 4.79 Å². The minimum absolute atomic E-state index is 0.203. The average molecular weight is 295 g/mol. The summed E-state index contributed by atoms with van der Waals surface area (Å²) in [5, 5.41) is 8.96. The van der Waals surface area contributed by atoms with E-state index in [1.54, 1.807) is 37.2 Å². The molecule has 1 unspecified atom stereocenters. The van der Waals surface area contributed by atoms with E-state index in [2.05, 4.69) is 0 Å². The van der Waals surface area contributed by atoms with E-state index in [9.17, 15) is 9.59 Å². The van der Waals surface area contributed by atoms with Crippen LogP contribution < -0.4 is 9.47 Å². The molecule has 1 N–H and O–H groups in total. The third-order valence-electron chi connectivity index (χ3n) is 3.05. The number of carbonyl (C=O) groups excluding carboxylic acids is 1. The van der Waals surface area contributed by atoms with Crippen LogP contribution >= 0.6 is 0 Å². The summed E-state index contributed by atoms with van der Waals surface area (Å²) in [6.07, 6.45) is -0.203. The predicted octanol–water partition coefficient (Wildman–Crippen LogP) is 1.54. The van der Waals surface area contributed by atoms with Gasteiger partial charge >= 0.3 is 5.97 Å². The molecule has 0 aliphatic rings. The Morgan fingerprint density at radius 2 is 1.81 bits per heavy atom. The fraction of sp³-hybridized carbons (Fsp3) is 0.467. The molecule has 0 spiro atoms. The molecule has 0 amide bonds. The second-order valence-electron chi connectivity index (χ2n) is 4.99. The summed E-state index contributed by atoms with van der Waals surface area (Å²) in [6.45, 7) is 0.374. The van der Waals surface area contributed by atoms with Crippen LogP contribution in [0.25, 0.3) is 0 Å². The van der Waals surface area contributed by atoms with Crippen LogP contribution in [-0.4, -0.2) is 56.6 Å². The number of carboxylic acids is 1. The van der Waals surface area contributed by atoms with E-state index in [0.717, 1.165) is 0 Å². The van der Waals surface area contributed by atoms with Gasteiger partial charge < -0.3 is 19.5 Å². The molecule has 0 saturated heterocycles. The second-order valence-corrected chi connectivity index (χ2v) is 4.99. The smallest absolute Gasteiger partial charge is 0.304 e. The summed E-state index contributed by atoms with van der Waals surface area (Å²) in [5.41, 5.74) is 0.417. The Kier molecular flexibility index (Phi) is 6.17. The van der Waals surface area contributed by atoms with E-state index >= 15 is 0 Å². The zero-order chi connectivity index (χ0) is 16.0. The molecule has 0 heterocycles. The first-order valence-electron chi connectivity index (χ1n) is 6.51. The summed E-state index contributed by atoms with van der Waals surface area (Å²) in [5.74, 6) is -0.836. The predicted molar refractivity (Wildman–Crippen MR) is 78.2 cm³/mol. The maximum atomic E-state index is 12.5. The Hall–Kier alpha value is -2.08. The topological polar surface area (TPSA) is 76.1 Å². The average Bonchev–Trinajstić information content (AvgIpc) is 2.44. The van der Waals surface area contributed by atoms with Crippen LogP contribution in [0, 0.1) is 5.92 Å². The molecule has 1 rings (SSSR count). The quantitative estimate of drug-likeness (QED) is 0.733. The van der Waals surface area contributed by atoms with E-state index in [0.29, 0.717) is 23.6 Å². The first-order valence-corrected chi connectivity index (χ1v) is 6.51. The molecule has 0 radical (unpaired) electrons. The summed E-state index contributed by atoms with van der Waals surface area (Å²) < 4.78 is 10.3. The Balaban J connectivity index is 3.04. The molecule has 1 atom stereocenters. The minimum atomic E-state index is -0.990. The highest BCUT2D eigenvalue weighted by Crippen LogP contribution is 2.29. The van der Waals surface area contributed by atoms with Gasteiger partial charge in [-0.1, -0.05) is 0 Å². The Morgan fingerprint density at radius 1 is 1.19 bits per heavy atom. The van der Waals surface area contributed by atoms with Crippen LogP contribution in [0.1, 0.15) is 16.8 Å². The van der Waals surface area contributed by atoms with Crippen LogP contribution in [0.2, 0.25) is 0 Å². The lowest BCUT2D eigenvalue weighted by molar-refractivity contribution is -0.137. The van der Waals surface area contributed by atoms with E-state index in [1.165, 1.54) is 14.2 Å². The molecule has 0 aromatic heterocycles. The molecular weight excluding hydrogens is 274 g/mol. The van der Waals surface area contributed by atoms with Crippen LogP contribution in [0.3, 0.4) is 0 Å². The van der Waals surface area contributed by atoms with E-state index < -0.39 is 11.9 Å². The van der Waals surface area contributed by atoms with Crippen molar-refractivity contribution >= 4 is 11.8 Å². The Labute approximate surface area is 124 Å². The zero-order valence-electron chi connectivity index (χ0n) is 12.8. The summed E-state index contributed by atoms with van der Waals surface area (Å²) >= 11 is 0. The number of benzene rings is 1. The second kappa shape index (κ2) is 7.64. The highest BCUT2D eigenvalue weighted by Gasteiger charge is 2.24. The lowest BCUT2D eigenvalue weighted by Crippen LogP contribution is -2.30. The number of carboxylic acid groups (broad SMARTS) is 1. The van der Waals surface area contributed by atoms with Gasteiger partial charge in [-0.3, -0.25) is 9.59 Å². The number of nitrogens with zero attached hydrogens (tertiary/aromatic N) is 1. The molecule has 0 aliphatic heterocycles. The number of Topliss-reactive ketones (excluding diaryl/α,β-unsaturated/α-hetero) is 1. The first kappa shape index (κ1) is 17.0. The van der Waals surface area contributed by atoms with Crippen LogP contribution in [0.4, 0.5) is 0 Å². The molecule has 1 aromatic carbocycles. The molecule has 0 saturated carbocycles. The maximum absolute atomic E-state index is 12.5. The lowest BCUT2D eigenvalue weighted by Gasteiger charge is -2.19. The monoisotopic (exact) mass is 295 g/mol. The number of methoxy groups -OCH3 is 2. The number of carbonyl (C=O) groups is 2. The van der Waals surface area contributed by atoms with Gasteiger partial charge in [0.2, 0.25) is 0 Å². The third kappa shape index (κ3) is 4.75. The summed E-state index contributed by atoms with van der Waals surface area (Å²) in [4.78, 5) is 25.2. The fourth-order valence-corrected chi connectivity index (χ4v) is 2.12. The van der Waals surface area contributed by atoms with Gasteiger partial charge in [0.05, 0.1) is 20.6 Å². The first-order chi connectivity index (χ1) is 9.88. The van der Waals surface area contributed by atoms with Gasteiger partial charge in [-0.25, -0.2) is 0 Å². The zero-order valence-corrected chi connectivity index (χ0v) is 12.8. The van der Waals surface area contributed by atoms with Crippen molar-refractivity contribution in [3.63, 3.8) is 0 Å². The number of aliphatic carboxylic acids is 1. The number of ketones is 1. The van der Waals surface area contributed by atoms with E-state index in [-0.39, 0.29) is 12.2 Å². The van der Waals surface area contributed by atoms with Crippen molar-refractivity contribution in [3.8, 4) is 11.5 Å². The van der Waals surface area contributed by atoms with Crippen LogP contribution in [0.5, 0.6) is 11.5 Å². The van der Waals surface area contributed by atoms with Crippen molar-refractivity contribution < 1.29 is 24.2 Å². The van der Waals surface area contributed by atoms with Gasteiger partial charge in [0.1, 0.15) is 0 Å². The van der Waals surface area contributed by atoms with Gasteiger partial charge in [0.15, 0.2) is 17.3 Å². The largest absolute Gasteiger partial charge is 0.493 e. The summed E-state index contributed by atoms with van der Waals surface area (Å²) in [7, 11) is 6.60. The molecule has 1 aromatic rings. The molecule has 0 bridgehead atoms.